The molecule has 0 heterocycles. The van der Waals surface area contributed by atoms with Crippen molar-refractivity contribution in [2.75, 3.05) is 5.32 Å². The lowest BCUT2D eigenvalue weighted by Gasteiger charge is -2.20. The predicted octanol–water partition coefficient (Wildman–Crippen LogP) is 5.01. The molecular weight excluding hydrogens is 286 g/mol. The van der Waals surface area contributed by atoms with E-state index in [2.05, 4.69) is 75.8 Å². The zero-order chi connectivity index (χ0) is 12.4. The second-order valence-electron chi connectivity index (χ2n) is 4.88. The number of rotatable bonds is 4. The molecule has 1 aliphatic carbocycles. The third kappa shape index (κ3) is 2.75. The van der Waals surface area contributed by atoms with Crippen molar-refractivity contribution < 1.29 is 0 Å². The zero-order valence-electron chi connectivity index (χ0n) is 10.1. The Morgan fingerprint density at radius 1 is 0.944 bits per heavy atom. The van der Waals surface area contributed by atoms with Gasteiger partial charge in [0.1, 0.15) is 0 Å². The normalized spacial score (nSPS) is 16.3. The molecule has 1 nitrogen and oxygen atoms in total. The second-order valence-corrected chi connectivity index (χ2v) is 5.79. The van der Waals surface area contributed by atoms with Gasteiger partial charge in [0.2, 0.25) is 0 Å². The average molecular weight is 302 g/mol. The predicted molar refractivity (Wildman–Crippen MR) is 79.7 cm³/mol. The van der Waals surface area contributed by atoms with Crippen molar-refractivity contribution in [1.82, 2.24) is 0 Å². The molecule has 0 spiro atoms. The Balaban J connectivity index is 1.81. The van der Waals surface area contributed by atoms with Gasteiger partial charge in [-0.15, -0.1) is 0 Å². The lowest BCUT2D eigenvalue weighted by atomic mass is 10.0. The topological polar surface area (TPSA) is 12.0 Å². The lowest BCUT2D eigenvalue weighted by Crippen LogP contribution is -2.12. The highest BCUT2D eigenvalue weighted by Gasteiger charge is 2.32. The van der Waals surface area contributed by atoms with E-state index in [1.165, 1.54) is 24.1 Å². The molecule has 1 aliphatic rings. The maximum atomic E-state index is 3.66. The summed E-state index contributed by atoms with van der Waals surface area (Å²) in [5.74, 6) is 0.788. The van der Waals surface area contributed by atoms with Gasteiger partial charge in [-0.05, 0) is 48.6 Å². The molecule has 0 bridgehead atoms. The van der Waals surface area contributed by atoms with Gasteiger partial charge in [-0.25, -0.2) is 0 Å². The summed E-state index contributed by atoms with van der Waals surface area (Å²) in [5, 5.41) is 3.66. The molecule has 1 atom stereocenters. The first kappa shape index (κ1) is 11.8. The van der Waals surface area contributed by atoms with Crippen LogP contribution in [0, 0.1) is 5.92 Å². The summed E-state index contributed by atoms with van der Waals surface area (Å²) < 4.78 is 1.12. The average Bonchev–Trinajstić information content (AvgIpc) is 3.23. The molecule has 0 aromatic heterocycles. The first-order valence-electron chi connectivity index (χ1n) is 6.40. The molecule has 1 fully saturated rings. The Morgan fingerprint density at radius 2 is 1.61 bits per heavy atom. The molecule has 1 N–H and O–H groups in total. The van der Waals surface area contributed by atoms with Crippen LogP contribution in [0.5, 0.6) is 0 Å². The van der Waals surface area contributed by atoms with Gasteiger partial charge in [0, 0.05) is 10.2 Å². The van der Waals surface area contributed by atoms with Crippen molar-refractivity contribution >= 4 is 21.6 Å². The summed E-state index contributed by atoms with van der Waals surface area (Å²) in [6, 6.07) is 19.6. The molecule has 0 radical (unpaired) electrons. The maximum absolute atomic E-state index is 3.66. The largest absolute Gasteiger partial charge is 0.378 e. The molecule has 2 aromatic carbocycles. The molecule has 1 unspecified atom stereocenters. The van der Waals surface area contributed by atoms with Crippen LogP contribution in [0.25, 0.3) is 0 Å². The lowest BCUT2D eigenvalue weighted by molar-refractivity contribution is 0.679. The Kier molecular flexibility index (Phi) is 3.37. The van der Waals surface area contributed by atoms with Crippen LogP contribution in [0.4, 0.5) is 5.69 Å². The van der Waals surface area contributed by atoms with Crippen LogP contribution in [-0.4, -0.2) is 0 Å². The number of benzene rings is 2. The number of halogens is 1. The smallest absolute Gasteiger partial charge is 0.0542 e. The number of anilines is 1. The Labute approximate surface area is 116 Å². The first-order chi connectivity index (χ1) is 8.83. The van der Waals surface area contributed by atoms with E-state index >= 15 is 0 Å². The van der Waals surface area contributed by atoms with Crippen LogP contribution >= 0.6 is 15.9 Å². The van der Waals surface area contributed by atoms with Gasteiger partial charge in [-0.2, -0.15) is 0 Å². The minimum absolute atomic E-state index is 0.451. The van der Waals surface area contributed by atoms with Gasteiger partial charge >= 0.3 is 0 Å². The van der Waals surface area contributed by atoms with Crippen molar-refractivity contribution in [3.8, 4) is 0 Å². The minimum atomic E-state index is 0.451. The molecular formula is C16H16BrN. The number of nitrogens with one attached hydrogen (secondary N) is 1. The van der Waals surface area contributed by atoms with Gasteiger partial charge in [0.15, 0.2) is 0 Å². The third-order valence-electron chi connectivity index (χ3n) is 3.42. The fraction of sp³-hybridized carbons (Fsp3) is 0.250. The van der Waals surface area contributed by atoms with E-state index in [0.29, 0.717) is 6.04 Å². The van der Waals surface area contributed by atoms with Crippen molar-refractivity contribution in [3.05, 3.63) is 64.6 Å². The summed E-state index contributed by atoms with van der Waals surface area (Å²) in [5.41, 5.74) is 2.59. The quantitative estimate of drug-likeness (QED) is 0.837. The molecule has 0 amide bonds. The van der Waals surface area contributed by atoms with E-state index in [1.807, 2.05) is 0 Å². The minimum Gasteiger partial charge on any atom is -0.378 e. The second kappa shape index (κ2) is 5.15. The Morgan fingerprint density at radius 3 is 2.22 bits per heavy atom. The molecule has 2 aromatic rings. The molecule has 2 heteroatoms. The highest BCUT2D eigenvalue weighted by molar-refractivity contribution is 9.10. The van der Waals surface area contributed by atoms with Crippen molar-refractivity contribution in [2.24, 2.45) is 5.92 Å². The van der Waals surface area contributed by atoms with E-state index in [1.54, 1.807) is 0 Å². The van der Waals surface area contributed by atoms with E-state index in [9.17, 15) is 0 Å². The monoisotopic (exact) mass is 301 g/mol. The van der Waals surface area contributed by atoms with Gasteiger partial charge in [-0.1, -0.05) is 46.3 Å². The summed E-state index contributed by atoms with van der Waals surface area (Å²) in [7, 11) is 0. The summed E-state index contributed by atoms with van der Waals surface area (Å²) in [4.78, 5) is 0. The van der Waals surface area contributed by atoms with E-state index in [0.717, 1.165) is 10.4 Å². The molecule has 18 heavy (non-hydrogen) atoms. The summed E-state index contributed by atoms with van der Waals surface area (Å²) >= 11 is 3.47. The van der Waals surface area contributed by atoms with Crippen LogP contribution in [-0.2, 0) is 0 Å². The van der Waals surface area contributed by atoms with Crippen molar-refractivity contribution in [3.63, 3.8) is 0 Å². The Bertz CT molecular complexity index is 502. The van der Waals surface area contributed by atoms with Crippen molar-refractivity contribution in [2.45, 2.75) is 18.9 Å². The molecule has 1 saturated carbocycles. The Hall–Kier alpha value is -1.28. The van der Waals surface area contributed by atoms with E-state index in [4.69, 9.17) is 0 Å². The zero-order valence-corrected chi connectivity index (χ0v) is 11.7. The summed E-state index contributed by atoms with van der Waals surface area (Å²) in [6.45, 7) is 0. The first-order valence-corrected chi connectivity index (χ1v) is 7.19. The van der Waals surface area contributed by atoms with Crippen LogP contribution in [0.2, 0.25) is 0 Å². The fourth-order valence-electron chi connectivity index (χ4n) is 2.29. The van der Waals surface area contributed by atoms with E-state index < -0.39 is 0 Å². The van der Waals surface area contributed by atoms with Crippen LogP contribution in [0.15, 0.2) is 59.1 Å². The summed E-state index contributed by atoms with van der Waals surface area (Å²) in [6.07, 6.45) is 2.67. The van der Waals surface area contributed by atoms with E-state index in [-0.39, 0.29) is 0 Å². The molecule has 0 saturated heterocycles. The number of hydrogen-bond donors (Lipinski definition) is 1. The fourth-order valence-corrected chi connectivity index (χ4v) is 2.55. The highest BCUT2D eigenvalue weighted by atomic mass is 79.9. The van der Waals surface area contributed by atoms with Crippen LogP contribution < -0.4 is 5.32 Å². The van der Waals surface area contributed by atoms with Gasteiger partial charge < -0.3 is 5.32 Å². The van der Waals surface area contributed by atoms with Crippen LogP contribution in [0.3, 0.4) is 0 Å². The van der Waals surface area contributed by atoms with Crippen molar-refractivity contribution in [1.29, 1.82) is 0 Å². The molecule has 3 rings (SSSR count). The number of hydrogen-bond acceptors (Lipinski definition) is 1. The van der Waals surface area contributed by atoms with Gasteiger partial charge in [-0.3, -0.25) is 0 Å². The third-order valence-corrected chi connectivity index (χ3v) is 3.95. The maximum Gasteiger partial charge on any atom is 0.0542 e. The molecule has 0 aliphatic heterocycles. The SMILES string of the molecule is Brc1ccc(NC(c2ccccc2)C2CC2)cc1. The van der Waals surface area contributed by atoms with Gasteiger partial charge in [0.05, 0.1) is 6.04 Å². The van der Waals surface area contributed by atoms with Crippen LogP contribution in [0.1, 0.15) is 24.4 Å². The molecule has 92 valence electrons. The highest BCUT2D eigenvalue weighted by Crippen LogP contribution is 2.42. The standard InChI is InChI=1S/C16H16BrN/c17-14-8-10-15(11-9-14)18-16(13-6-7-13)12-4-2-1-3-5-12/h1-5,8-11,13,16,18H,6-7H2. The van der Waals surface area contributed by atoms with Gasteiger partial charge in [0.25, 0.3) is 0 Å².